The first-order valence-electron chi connectivity index (χ1n) is 9.16. The lowest BCUT2D eigenvalue weighted by Gasteiger charge is -2.08. The second-order valence-corrected chi connectivity index (χ2v) is 7.13. The number of fused-ring (bicyclic) bond motifs is 1. The predicted molar refractivity (Wildman–Crippen MR) is 114 cm³/mol. The van der Waals surface area contributed by atoms with Crippen LogP contribution < -0.4 is 14.2 Å². The molecule has 6 heteroatoms. The number of aryl methyl sites for hydroxylation is 1. The molecule has 3 aromatic carbocycles. The smallest absolute Gasteiger partial charge is 0.343 e. The van der Waals surface area contributed by atoms with Crippen LogP contribution in [0.3, 0.4) is 0 Å². The van der Waals surface area contributed by atoms with Crippen molar-refractivity contribution < 1.29 is 23.8 Å². The van der Waals surface area contributed by atoms with E-state index in [1.54, 1.807) is 50.4 Å². The van der Waals surface area contributed by atoms with Gasteiger partial charge in [-0.05, 0) is 48.9 Å². The molecule has 0 spiro atoms. The van der Waals surface area contributed by atoms with Crippen molar-refractivity contribution in [3.8, 4) is 17.2 Å². The van der Waals surface area contributed by atoms with Crippen molar-refractivity contribution in [1.82, 2.24) is 0 Å². The van der Waals surface area contributed by atoms with Gasteiger partial charge in [-0.1, -0.05) is 35.9 Å². The van der Waals surface area contributed by atoms with Crippen LogP contribution in [0.25, 0.3) is 6.08 Å². The van der Waals surface area contributed by atoms with E-state index in [1.165, 1.54) is 12.1 Å². The Kier molecular flexibility index (Phi) is 5.29. The highest BCUT2D eigenvalue weighted by atomic mass is 35.5. The fourth-order valence-electron chi connectivity index (χ4n) is 3.24. The highest BCUT2D eigenvalue weighted by molar-refractivity contribution is 6.30. The van der Waals surface area contributed by atoms with Crippen molar-refractivity contribution in [1.29, 1.82) is 0 Å². The number of ketones is 1. The zero-order valence-electron chi connectivity index (χ0n) is 16.3. The van der Waals surface area contributed by atoms with Crippen molar-refractivity contribution in [2.45, 2.75) is 6.92 Å². The normalized spacial score (nSPS) is 13.7. The van der Waals surface area contributed by atoms with Gasteiger partial charge in [0.05, 0.1) is 18.2 Å². The van der Waals surface area contributed by atoms with Crippen LogP contribution in [0.1, 0.15) is 31.8 Å². The summed E-state index contributed by atoms with van der Waals surface area (Å²) in [6.07, 6.45) is 1.64. The number of carbonyl (C=O) groups is 2. The Morgan fingerprint density at radius 1 is 1.07 bits per heavy atom. The number of Topliss-reactive ketones (excluding diaryl/α,β-unsaturated/α-hetero) is 1. The summed E-state index contributed by atoms with van der Waals surface area (Å²) in [6, 6.07) is 17.0. The number of halogens is 1. The summed E-state index contributed by atoms with van der Waals surface area (Å²) < 4.78 is 16.6. The van der Waals surface area contributed by atoms with Crippen LogP contribution in [-0.2, 0) is 0 Å². The lowest BCUT2D eigenvalue weighted by atomic mass is 10.0. The third kappa shape index (κ3) is 3.80. The summed E-state index contributed by atoms with van der Waals surface area (Å²) in [4.78, 5) is 25.3. The quantitative estimate of drug-likeness (QED) is 0.317. The molecular weight excluding hydrogens is 404 g/mol. The summed E-state index contributed by atoms with van der Waals surface area (Å²) in [5.41, 5.74) is 2.14. The second-order valence-electron chi connectivity index (χ2n) is 6.69. The molecule has 0 saturated carbocycles. The van der Waals surface area contributed by atoms with Crippen LogP contribution in [-0.4, -0.2) is 18.9 Å². The Hall–Kier alpha value is -3.57. The van der Waals surface area contributed by atoms with E-state index < -0.39 is 5.97 Å². The minimum absolute atomic E-state index is 0.177. The number of ether oxygens (including phenoxy) is 3. The van der Waals surface area contributed by atoms with Gasteiger partial charge < -0.3 is 14.2 Å². The Balaban J connectivity index is 1.63. The van der Waals surface area contributed by atoms with Gasteiger partial charge in [0.25, 0.3) is 0 Å². The maximum Gasteiger partial charge on any atom is 0.343 e. The van der Waals surface area contributed by atoms with Crippen LogP contribution >= 0.6 is 11.6 Å². The lowest BCUT2D eigenvalue weighted by Crippen LogP contribution is -2.08. The minimum Gasteiger partial charge on any atom is -0.496 e. The molecule has 0 unspecified atom stereocenters. The molecule has 0 saturated heterocycles. The number of methoxy groups -OCH3 is 1. The molecule has 0 fully saturated rings. The molecule has 0 N–H and O–H groups in total. The van der Waals surface area contributed by atoms with Crippen LogP contribution in [0.4, 0.5) is 0 Å². The van der Waals surface area contributed by atoms with Gasteiger partial charge in [0.2, 0.25) is 5.78 Å². The number of rotatable bonds is 4. The predicted octanol–water partition coefficient (Wildman–Crippen LogP) is 5.49. The summed E-state index contributed by atoms with van der Waals surface area (Å²) in [5, 5.41) is 0.439. The summed E-state index contributed by atoms with van der Waals surface area (Å²) >= 11 is 5.93. The van der Waals surface area contributed by atoms with E-state index in [0.29, 0.717) is 33.2 Å². The Morgan fingerprint density at radius 3 is 2.63 bits per heavy atom. The molecule has 0 radical (unpaired) electrons. The molecule has 1 aliphatic rings. The molecule has 0 atom stereocenters. The number of hydrogen-bond donors (Lipinski definition) is 0. The SMILES string of the molecule is COc1ccccc1/C=C1\Oc2cc(OC(=O)c3cccc(Cl)c3)cc(C)c2C1=O. The van der Waals surface area contributed by atoms with Crippen LogP contribution in [0.2, 0.25) is 5.02 Å². The van der Waals surface area contributed by atoms with Gasteiger partial charge in [0.1, 0.15) is 17.2 Å². The Bertz CT molecular complexity index is 1200. The van der Waals surface area contributed by atoms with E-state index in [2.05, 4.69) is 0 Å². The van der Waals surface area contributed by atoms with Crippen LogP contribution in [0, 0.1) is 6.92 Å². The van der Waals surface area contributed by atoms with Crippen molar-refractivity contribution in [3.05, 3.63) is 93.7 Å². The van der Waals surface area contributed by atoms with E-state index in [9.17, 15) is 9.59 Å². The van der Waals surface area contributed by atoms with E-state index in [-0.39, 0.29) is 17.3 Å². The van der Waals surface area contributed by atoms with Gasteiger partial charge in [0.15, 0.2) is 5.76 Å². The van der Waals surface area contributed by atoms with Crippen molar-refractivity contribution in [3.63, 3.8) is 0 Å². The number of allylic oxidation sites excluding steroid dienone is 1. The maximum absolute atomic E-state index is 12.9. The van der Waals surface area contributed by atoms with Gasteiger partial charge in [-0.2, -0.15) is 0 Å². The highest BCUT2D eigenvalue weighted by Crippen LogP contribution is 2.38. The highest BCUT2D eigenvalue weighted by Gasteiger charge is 2.30. The molecule has 0 amide bonds. The van der Waals surface area contributed by atoms with E-state index in [1.807, 2.05) is 18.2 Å². The van der Waals surface area contributed by atoms with E-state index in [4.69, 9.17) is 25.8 Å². The number of para-hydroxylation sites is 1. The minimum atomic E-state index is -0.550. The van der Waals surface area contributed by atoms with Gasteiger partial charge in [-0.15, -0.1) is 0 Å². The number of esters is 1. The average molecular weight is 421 g/mol. The molecule has 0 aliphatic carbocycles. The third-order valence-corrected chi connectivity index (χ3v) is 4.88. The first-order valence-corrected chi connectivity index (χ1v) is 9.53. The molecule has 30 heavy (non-hydrogen) atoms. The molecule has 4 rings (SSSR count). The third-order valence-electron chi connectivity index (χ3n) is 4.64. The van der Waals surface area contributed by atoms with E-state index >= 15 is 0 Å². The molecule has 1 heterocycles. The fraction of sp³-hybridized carbons (Fsp3) is 0.0833. The monoisotopic (exact) mass is 420 g/mol. The lowest BCUT2D eigenvalue weighted by molar-refractivity contribution is 0.0734. The first kappa shape index (κ1) is 19.7. The fourth-order valence-corrected chi connectivity index (χ4v) is 3.43. The summed E-state index contributed by atoms with van der Waals surface area (Å²) in [5.74, 6) is 0.644. The van der Waals surface area contributed by atoms with Crippen molar-refractivity contribution >= 4 is 29.4 Å². The Morgan fingerprint density at radius 2 is 1.87 bits per heavy atom. The number of hydrogen-bond acceptors (Lipinski definition) is 5. The zero-order chi connectivity index (χ0) is 21.3. The second kappa shape index (κ2) is 8.05. The average Bonchev–Trinajstić information content (AvgIpc) is 3.04. The molecular formula is C24H17ClO5. The van der Waals surface area contributed by atoms with Gasteiger partial charge in [-0.3, -0.25) is 4.79 Å². The molecule has 3 aromatic rings. The van der Waals surface area contributed by atoms with Crippen LogP contribution in [0.5, 0.6) is 17.2 Å². The van der Waals surface area contributed by atoms with Gasteiger partial charge >= 0.3 is 5.97 Å². The van der Waals surface area contributed by atoms with Gasteiger partial charge in [-0.25, -0.2) is 4.79 Å². The van der Waals surface area contributed by atoms with Crippen LogP contribution in [0.15, 0.2) is 66.4 Å². The summed E-state index contributed by atoms with van der Waals surface area (Å²) in [6.45, 7) is 1.77. The molecule has 150 valence electrons. The molecule has 0 bridgehead atoms. The Labute approximate surface area is 178 Å². The zero-order valence-corrected chi connectivity index (χ0v) is 17.0. The standard InChI is InChI=1S/C24H17ClO5/c1-14-10-18(29-24(27)16-7-5-8-17(25)11-16)13-20-22(14)23(26)21(30-20)12-15-6-3-4-9-19(15)28-2/h3-13H,1-2H3/b21-12-. The first-order chi connectivity index (χ1) is 14.5. The summed E-state index contributed by atoms with van der Waals surface area (Å²) in [7, 11) is 1.56. The van der Waals surface area contributed by atoms with Gasteiger partial charge in [0, 0.05) is 16.7 Å². The number of carbonyl (C=O) groups excluding carboxylic acids is 2. The number of benzene rings is 3. The largest absolute Gasteiger partial charge is 0.496 e. The van der Waals surface area contributed by atoms with Crippen molar-refractivity contribution in [2.24, 2.45) is 0 Å². The molecule has 0 aromatic heterocycles. The molecule has 1 aliphatic heterocycles. The van der Waals surface area contributed by atoms with Crippen molar-refractivity contribution in [2.75, 3.05) is 7.11 Å². The van der Waals surface area contributed by atoms with E-state index in [0.717, 1.165) is 5.56 Å². The topological polar surface area (TPSA) is 61.8 Å². The maximum atomic E-state index is 12.9. The molecule has 5 nitrogen and oxygen atoms in total.